The van der Waals surface area contributed by atoms with Crippen molar-refractivity contribution in [2.75, 3.05) is 0 Å². The number of ketones is 1. The molecule has 2 amide bonds. The van der Waals surface area contributed by atoms with Gasteiger partial charge >= 0.3 is 0 Å². The Morgan fingerprint density at radius 2 is 1.88 bits per heavy atom. The van der Waals surface area contributed by atoms with Crippen LogP contribution in [0.4, 0.5) is 0 Å². The number of carbonyl (C=O) groups excluding carboxylic acids is 4. The molecule has 0 spiro atoms. The summed E-state index contributed by atoms with van der Waals surface area (Å²) in [5.41, 5.74) is 0.298. The van der Waals surface area contributed by atoms with E-state index in [1.54, 1.807) is 18.2 Å². The summed E-state index contributed by atoms with van der Waals surface area (Å²) in [4.78, 5) is 52.9. The number of pyridine rings is 1. The van der Waals surface area contributed by atoms with Crippen molar-refractivity contribution in [1.82, 2.24) is 9.88 Å². The molecular weight excluding hydrogens is 372 g/mol. The fourth-order valence-corrected chi connectivity index (χ4v) is 4.74. The first-order valence-electron chi connectivity index (χ1n) is 7.85. The Hall–Kier alpha value is -2.41. The van der Waals surface area contributed by atoms with Gasteiger partial charge in [0, 0.05) is 24.3 Å². The van der Waals surface area contributed by atoms with Crippen LogP contribution in [-0.4, -0.2) is 38.7 Å². The molecule has 6 nitrogen and oxygen atoms in total. The average Bonchev–Trinajstić information content (AvgIpc) is 2.99. The quantitative estimate of drug-likeness (QED) is 0.333. The molecule has 132 valence electrons. The average molecular weight is 386 g/mol. The number of amides is 2. The summed E-state index contributed by atoms with van der Waals surface area (Å²) < 4.78 is 0. The third kappa shape index (κ3) is 3.58. The predicted molar refractivity (Wildman–Crippen MR) is 98.6 cm³/mol. The van der Waals surface area contributed by atoms with Gasteiger partial charge in [0.05, 0.1) is 0 Å². The Morgan fingerprint density at radius 1 is 1.15 bits per heavy atom. The Bertz CT molecular complexity index is 870. The first kappa shape index (κ1) is 18.4. The molecule has 0 aromatic carbocycles. The summed E-state index contributed by atoms with van der Waals surface area (Å²) in [6.07, 6.45) is 4.88. The summed E-state index contributed by atoms with van der Waals surface area (Å²) in [6, 6.07) is 5.56. The Kier molecular flexibility index (Phi) is 5.56. The molecule has 1 saturated heterocycles. The molecule has 2 heterocycles. The summed E-state index contributed by atoms with van der Waals surface area (Å²) >= 11 is 0. The molecule has 0 radical (unpaired) electrons. The highest BCUT2D eigenvalue weighted by Gasteiger charge is 2.38. The molecule has 1 atom stereocenters. The maximum atomic E-state index is 12.6. The number of carbonyl (C=O) groups is 3. The number of rotatable bonds is 5. The molecule has 0 N–H and O–H groups in total. The summed E-state index contributed by atoms with van der Waals surface area (Å²) in [5, 5.41) is 0.624. The van der Waals surface area contributed by atoms with Gasteiger partial charge in [0.1, 0.15) is 22.2 Å². The minimum absolute atomic E-state index is 0.0748. The number of allylic oxidation sites excluding steroid dienone is 3. The molecule has 1 fully saturated rings. The first-order chi connectivity index (χ1) is 12.5. The summed E-state index contributed by atoms with van der Waals surface area (Å²) in [7, 11) is 2.88. The van der Waals surface area contributed by atoms with Crippen LogP contribution in [0.25, 0.3) is 0 Å². The van der Waals surface area contributed by atoms with E-state index in [4.69, 9.17) is 0 Å². The molecule has 8 heteroatoms. The third-order valence-electron chi connectivity index (χ3n) is 3.92. The van der Waals surface area contributed by atoms with Crippen molar-refractivity contribution in [3.63, 3.8) is 0 Å². The molecule has 26 heavy (non-hydrogen) atoms. The fraction of sp³-hybridized carbons (Fsp3) is 0.222. The van der Waals surface area contributed by atoms with Crippen molar-refractivity contribution in [3.05, 3.63) is 53.4 Å². The van der Waals surface area contributed by atoms with Crippen LogP contribution >= 0.6 is 21.6 Å². The van der Waals surface area contributed by atoms with E-state index in [1.807, 2.05) is 25.1 Å². The van der Waals surface area contributed by atoms with Gasteiger partial charge < -0.3 is 0 Å². The lowest BCUT2D eigenvalue weighted by molar-refractivity contribution is -0.138. The second kappa shape index (κ2) is 7.86. The van der Waals surface area contributed by atoms with Crippen LogP contribution in [0.3, 0.4) is 0 Å². The standard InChI is InChI=1S/C18H14N2O4S2/c1-11(25-26-15-4-2-3-9-19-15)12-5-6-14(18(24)13(12)10-21)20-16(22)7-8-17(20)23/h2-6,9,11H,7-8H2,1H3. The smallest absolute Gasteiger partial charge is 0.234 e. The number of likely N-dealkylation sites (tertiary alicyclic amines) is 1. The highest BCUT2D eigenvalue weighted by Crippen LogP contribution is 2.39. The van der Waals surface area contributed by atoms with Gasteiger partial charge in [-0.25, -0.2) is 14.7 Å². The van der Waals surface area contributed by atoms with Crippen LogP contribution in [0.15, 0.2) is 58.4 Å². The van der Waals surface area contributed by atoms with Gasteiger partial charge in [0.15, 0.2) is 0 Å². The second-order valence-electron chi connectivity index (χ2n) is 5.59. The number of hydrogen-bond acceptors (Lipinski definition) is 7. The van der Waals surface area contributed by atoms with E-state index in [2.05, 4.69) is 4.98 Å². The molecule has 3 rings (SSSR count). The van der Waals surface area contributed by atoms with Crippen LogP contribution in [0.5, 0.6) is 0 Å². The van der Waals surface area contributed by atoms with Crippen LogP contribution in [0.2, 0.25) is 0 Å². The maximum Gasteiger partial charge on any atom is 0.234 e. The number of nitrogens with zero attached hydrogens (tertiary/aromatic N) is 2. The zero-order valence-electron chi connectivity index (χ0n) is 13.8. The van der Waals surface area contributed by atoms with Crippen molar-refractivity contribution in [3.8, 4) is 0 Å². The van der Waals surface area contributed by atoms with E-state index >= 15 is 0 Å². The molecule has 1 aliphatic carbocycles. The molecule has 1 aromatic heterocycles. The number of aromatic nitrogens is 1. The summed E-state index contributed by atoms with van der Waals surface area (Å²) in [5.74, 6) is 0.192. The van der Waals surface area contributed by atoms with Gasteiger partial charge in [0.25, 0.3) is 0 Å². The molecule has 2 aliphatic rings. The lowest BCUT2D eigenvalue weighted by Gasteiger charge is -2.23. The third-order valence-corrected chi connectivity index (χ3v) is 6.64. The Labute approximate surface area is 157 Å². The lowest BCUT2D eigenvalue weighted by atomic mass is 9.93. The Morgan fingerprint density at radius 3 is 2.50 bits per heavy atom. The zero-order chi connectivity index (χ0) is 18.7. The molecular formula is C18H14N2O4S2. The lowest BCUT2D eigenvalue weighted by Crippen LogP contribution is -2.34. The van der Waals surface area contributed by atoms with Crippen molar-refractivity contribution in [2.45, 2.75) is 30.0 Å². The van der Waals surface area contributed by atoms with Crippen molar-refractivity contribution in [1.29, 1.82) is 0 Å². The first-order valence-corrected chi connectivity index (χ1v) is 10.1. The second-order valence-corrected chi connectivity index (χ2v) is 8.15. The van der Waals surface area contributed by atoms with Crippen molar-refractivity contribution in [2.24, 2.45) is 0 Å². The maximum absolute atomic E-state index is 12.6. The molecule has 1 aromatic rings. The van der Waals surface area contributed by atoms with Gasteiger partial charge in [-0.1, -0.05) is 22.9 Å². The monoisotopic (exact) mass is 386 g/mol. The van der Waals surface area contributed by atoms with E-state index in [1.165, 1.54) is 27.7 Å². The van der Waals surface area contributed by atoms with E-state index in [0.29, 0.717) is 5.57 Å². The van der Waals surface area contributed by atoms with E-state index in [0.717, 1.165) is 9.93 Å². The number of Topliss-reactive ketones (excluding diaryl/α,β-unsaturated/α-hetero) is 1. The highest BCUT2D eigenvalue weighted by atomic mass is 33.1. The normalized spacial score (nSPS) is 18.6. The SMILES string of the molecule is CC(SSc1ccccn1)C1=CC=C(N2C(=O)CCC2=O)C(=O)C1=C=O. The van der Waals surface area contributed by atoms with Gasteiger partial charge in [-0.3, -0.25) is 14.4 Å². The van der Waals surface area contributed by atoms with Gasteiger partial charge in [0.2, 0.25) is 17.6 Å². The van der Waals surface area contributed by atoms with Crippen LogP contribution in [0, 0.1) is 0 Å². The minimum atomic E-state index is -0.642. The van der Waals surface area contributed by atoms with Crippen LogP contribution in [-0.2, 0) is 19.2 Å². The van der Waals surface area contributed by atoms with Gasteiger partial charge in [-0.15, -0.1) is 0 Å². The topological polar surface area (TPSA) is 84.4 Å². The van der Waals surface area contributed by atoms with E-state index in [-0.39, 0.29) is 29.4 Å². The molecule has 0 bridgehead atoms. The molecule has 1 unspecified atom stereocenters. The number of hydrogen-bond donors (Lipinski definition) is 0. The van der Waals surface area contributed by atoms with Gasteiger partial charge in [-0.05, 0) is 41.5 Å². The van der Waals surface area contributed by atoms with E-state index < -0.39 is 17.6 Å². The van der Waals surface area contributed by atoms with Gasteiger partial charge in [-0.2, -0.15) is 0 Å². The van der Waals surface area contributed by atoms with Crippen LogP contribution < -0.4 is 0 Å². The summed E-state index contributed by atoms with van der Waals surface area (Å²) in [6.45, 7) is 1.86. The van der Waals surface area contributed by atoms with E-state index in [9.17, 15) is 19.2 Å². The fourth-order valence-electron chi connectivity index (χ4n) is 2.62. The molecule has 1 aliphatic heterocycles. The molecule has 0 saturated carbocycles. The minimum Gasteiger partial charge on any atom is -0.286 e. The number of imide groups is 1. The largest absolute Gasteiger partial charge is 0.286 e. The highest BCUT2D eigenvalue weighted by molar-refractivity contribution is 8.77. The van der Waals surface area contributed by atoms with Crippen molar-refractivity contribution < 1.29 is 19.2 Å². The zero-order valence-corrected chi connectivity index (χ0v) is 15.4. The van der Waals surface area contributed by atoms with Crippen LogP contribution in [0.1, 0.15) is 19.8 Å². The predicted octanol–water partition coefficient (Wildman–Crippen LogP) is 2.51. The van der Waals surface area contributed by atoms with Crippen molar-refractivity contribution >= 4 is 45.1 Å². The Balaban J connectivity index is 1.82.